The van der Waals surface area contributed by atoms with Gasteiger partial charge in [-0.1, -0.05) is 0 Å². The van der Waals surface area contributed by atoms with Crippen molar-refractivity contribution >= 4 is 5.91 Å². The maximum Gasteiger partial charge on any atom is 0.272 e. The molecule has 1 saturated heterocycles. The number of H-pyrrole nitrogens is 1. The van der Waals surface area contributed by atoms with Gasteiger partial charge in [0.2, 0.25) is 0 Å². The van der Waals surface area contributed by atoms with Gasteiger partial charge in [0.1, 0.15) is 17.5 Å². The maximum atomic E-state index is 12.5. The number of ether oxygens (including phenoxy) is 2. The van der Waals surface area contributed by atoms with E-state index in [0.717, 1.165) is 18.5 Å². The Hall–Kier alpha value is -2.85. The monoisotopic (exact) mass is 352 g/mol. The lowest BCUT2D eigenvalue weighted by atomic mass is 10.1. The van der Waals surface area contributed by atoms with Gasteiger partial charge < -0.3 is 14.8 Å². The molecule has 0 spiro atoms. The molecule has 0 radical (unpaired) electrons. The van der Waals surface area contributed by atoms with E-state index in [4.69, 9.17) is 14.7 Å². The predicted octanol–water partition coefficient (Wildman–Crippen LogP) is 2.13. The molecule has 2 aromatic rings. The van der Waals surface area contributed by atoms with Crippen molar-refractivity contribution in [3.8, 4) is 11.8 Å². The van der Waals surface area contributed by atoms with Gasteiger partial charge in [-0.25, -0.2) is 0 Å². The van der Waals surface area contributed by atoms with Gasteiger partial charge in [-0.15, -0.1) is 0 Å². The fourth-order valence-electron chi connectivity index (χ4n) is 3.07. The molecule has 2 fully saturated rings. The highest BCUT2D eigenvalue weighted by molar-refractivity contribution is 5.92. The van der Waals surface area contributed by atoms with Gasteiger partial charge in [0.15, 0.2) is 0 Å². The quantitative estimate of drug-likeness (QED) is 0.858. The fourth-order valence-corrected chi connectivity index (χ4v) is 3.07. The Morgan fingerprint density at radius 2 is 2.12 bits per heavy atom. The van der Waals surface area contributed by atoms with E-state index in [1.165, 1.54) is 0 Å². The van der Waals surface area contributed by atoms with Crippen molar-refractivity contribution in [2.24, 2.45) is 0 Å². The van der Waals surface area contributed by atoms with Crippen LogP contribution in [0.5, 0.6) is 5.75 Å². The van der Waals surface area contributed by atoms with Gasteiger partial charge >= 0.3 is 0 Å². The lowest BCUT2D eigenvalue weighted by Crippen LogP contribution is -2.51. The molecule has 1 aliphatic heterocycles. The molecule has 134 valence electrons. The van der Waals surface area contributed by atoms with E-state index in [-0.39, 0.29) is 18.1 Å². The van der Waals surface area contributed by atoms with E-state index >= 15 is 0 Å². The van der Waals surface area contributed by atoms with Crippen molar-refractivity contribution in [1.29, 1.82) is 5.26 Å². The molecule has 2 N–H and O–H groups in total. The van der Waals surface area contributed by atoms with Gasteiger partial charge in [-0.3, -0.25) is 9.89 Å². The highest BCUT2D eigenvalue weighted by atomic mass is 16.5. The topological polar surface area (TPSA) is 100 Å². The van der Waals surface area contributed by atoms with Crippen LogP contribution in [0, 0.1) is 11.3 Å². The first-order valence-corrected chi connectivity index (χ1v) is 8.83. The van der Waals surface area contributed by atoms with Crippen LogP contribution in [0.4, 0.5) is 0 Å². The molecule has 2 atom stereocenters. The smallest absolute Gasteiger partial charge is 0.272 e. The zero-order valence-corrected chi connectivity index (χ0v) is 14.3. The first-order valence-electron chi connectivity index (χ1n) is 8.83. The molecular formula is C19H20N4O3. The average Bonchev–Trinajstić information content (AvgIpc) is 3.40. The minimum Gasteiger partial charge on any atom is -0.486 e. The molecule has 1 amide bonds. The molecule has 0 bridgehead atoms. The Morgan fingerprint density at radius 3 is 2.85 bits per heavy atom. The van der Waals surface area contributed by atoms with E-state index in [0.29, 0.717) is 42.6 Å². The second kappa shape index (κ2) is 7.18. The molecule has 2 aliphatic rings. The van der Waals surface area contributed by atoms with E-state index in [1.807, 2.05) is 6.07 Å². The summed E-state index contributed by atoms with van der Waals surface area (Å²) in [6.45, 7) is 0.977. The van der Waals surface area contributed by atoms with E-state index < -0.39 is 0 Å². The Kier molecular flexibility index (Phi) is 4.59. The third-order valence-electron chi connectivity index (χ3n) is 4.74. The standard InChI is InChI=1S/C19H20N4O3/c20-10-12-1-5-14(6-2-12)26-18-11-25-8-7-15(18)21-19(24)17-9-16(22-23-17)13-3-4-13/h1-2,5-6,9,13,15,18H,3-4,7-8,11H2,(H,21,24)(H,22,23)/t15-,18-/m1/s1. The van der Waals surface area contributed by atoms with Crippen molar-refractivity contribution in [3.05, 3.63) is 47.3 Å². The number of nitriles is 1. The minimum absolute atomic E-state index is 0.159. The summed E-state index contributed by atoms with van der Waals surface area (Å²) >= 11 is 0. The third kappa shape index (κ3) is 3.70. The Morgan fingerprint density at radius 1 is 1.31 bits per heavy atom. The molecule has 7 nitrogen and oxygen atoms in total. The number of aromatic amines is 1. The highest BCUT2D eigenvalue weighted by Crippen LogP contribution is 2.39. The molecule has 7 heteroatoms. The van der Waals surface area contributed by atoms with Gasteiger partial charge in [0.05, 0.1) is 24.3 Å². The Bertz CT molecular complexity index is 820. The number of nitrogens with zero attached hydrogens (tertiary/aromatic N) is 2. The number of benzene rings is 1. The van der Waals surface area contributed by atoms with Crippen molar-refractivity contribution in [2.75, 3.05) is 13.2 Å². The zero-order valence-electron chi connectivity index (χ0n) is 14.3. The molecule has 26 heavy (non-hydrogen) atoms. The van der Waals surface area contributed by atoms with Crippen LogP contribution in [-0.2, 0) is 4.74 Å². The summed E-state index contributed by atoms with van der Waals surface area (Å²) in [5.41, 5.74) is 2.02. The van der Waals surface area contributed by atoms with Gasteiger partial charge in [-0.2, -0.15) is 10.4 Å². The molecule has 1 saturated carbocycles. The summed E-state index contributed by atoms with van der Waals surface area (Å²) in [7, 11) is 0. The largest absolute Gasteiger partial charge is 0.486 e. The number of rotatable bonds is 5. The molecule has 2 heterocycles. The summed E-state index contributed by atoms with van der Waals surface area (Å²) in [6, 6.07) is 10.7. The molecule has 1 aliphatic carbocycles. The number of hydrogen-bond donors (Lipinski definition) is 2. The number of amides is 1. The predicted molar refractivity (Wildman–Crippen MR) is 92.8 cm³/mol. The highest BCUT2D eigenvalue weighted by Gasteiger charge is 2.31. The lowest BCUT2D eigenvalue weighted by molar-refractivity contribution is -0.0135. The molecule has 0 unspecified atom stereocenters. The maximum absolute atomic E-state index is 12.5. The van der Waals surface area contributed by atoms with Crippen LogP contribution in [0.2, 0.25) is 0 Å². The summed E-state index contributed by atoms with van der Waals surface area (Å²) in [5, 5.41) is 19.0. The van der Waals surface area contributed by atoms with Crippen LogP contribution in [-0.4, -0.2) is 41.5 Å². The summed E-state index contributed by atoms with van der Waals surface area (Å²) in [6.07, 6.45) is 2.70. The fraction of sp³-hybridized carbons (Fsp3) is 0.421. The van der Waals surface area contributed by atoms with Crippen molar-refractivity contribution < 1.29 is 14.3 Å². The lowest BCUT2D eigenvalue weighted by Gasteiger charge is -2.32. The normalized spacial score (nSPS) is 22.4. The second-order valence-electron chi connectivity index (χ2n) is 6.72. The summed E-state index contributed by atoms with van der Waals surface area (Å²) in [5.74, 6) is 0.975. The van der Waals surface area contributed by atoms with Gasteiger partial charge in [-0.05, 0) is 49.6 Å². The molecule has 4 rings (SSSR count). The van der Waals surface area contributed by atoms with Crippen molar-refractivity contribution in [3.63, 3.8) is 0 Å². The molecular weight excluding hydrogens is 332 g/mol. The van der Waals surface area contributed by atoms with Crippen LogP contribution >= 0.6 is 0 Å². The SMILES string of the molecule is N#Cc1ccc(O[C@@H]2COCC[C@H]2NC(=O)c2cc(C3CC3)[nH]n2)cc1. The van der Waals surface area contributed by atoms with E-state index in [9.17, 15) is 4.79 Å². The number of aromatic nitrogens is 2. The number of carbonyl (C=O) groups is 1. The van der Waals surface area contributed by atoms with Crippen LogP contribution in [0.15, 0.2) is 30.3 Å². The van der Waals surface area contributed by atoms with Gasteiger partial charge in [0.25, 0.3) is 5.91 Å². The van der Waals surface area contributed by atoms with Crippen LogP contribution in [0.3, 0.4) is 0 Å². The first-order chi connectivity index (χ1) is 12.7. The van der Waals surface area contributed by atoms with E-state index in [1.54, 1.807) is 24.3 Å². The molecule has 1 aromatic carbocycles. The number of hydrogen-bond acceptors (Lipinski definition) is 5. The van der Waals surface area contributed by atoms with E-state index in [2.05, 4.69) is 21.6 Å². The Labute approximate surface area is 151 Å². The Balaban J connectivity index is 1.40. The first kappa shape index (κ1) is 16.6. The van der Waals surface area contributed by atoms with Crippen LogP contribution in [0.25, 0.3) is 0 Å². The van der Waals surface area contributed by atoms with Gasteiger partial charge in [0, 0.05) is 18.2 Å². The van der Waals surface area contributed by atoms with Crippen molar-refractivity contribution in [2.45, 2.75) is 37.3 Å². The second-order valence-corrected chi connectivity index (χ2v) is 6.72. The molecule has 1 aromatic heterocycles. The van der Waals surface area contributed by atoms with Crippen molar-refractivity contribution in [1.82, 2.24) is 15.5 Å². The average molecular weight is 352 g/mol. The minimum atomic E-state index is -0.289. The van der Waals surface area contributed by atoms with Crippen LogP contribution in [0.1, 0.15) is 46.9 Å². The summed E-state index contributed by atoms with van der Waals surface area (Å²) < 4.78 is 11.5. The zero-order chi connectivity index (χ0) is 17.9. The van der Waals surface area contributed by atoms with Crippen LogP contribution < -0.4 is 10.1 Å². The summed E-state index contributed by atoms with van der Waals surface area (Å²) in [4.78, 5) is 12.5. The number of carbonyl (C=O) groups excluding carboxylic acids is 1. The number of nitrogens with one attached hydrogen (secondary N) is 2. The third-order valence-corrected chi connectivity index (χ3v) is 4.74.